The average molecular weight is 482 g/mol. The van der Waals surface area contributed by atoms with Gasteiger partial charge in [-0.1, -0.05) is 18.0 Å². The van der Waals surface area contributed by atoms with E-state index in [4.69, 9.17) is 9.52 Å². The van der Waals surface area contributed by atoms with Gasteiger partial charge in [0.25, 0.3) is 0 Å². The van der Waals surface area contributed by atoms with Crippen LogP contribution in [0.15, 0.2) is 21.8 Å². The molecule has 9 heteroatoms. The zero-order valence-electron chi connectivity index (χ0n) is 14.6. The number of aliphatic imine (C=N–C) groups is 1. The monoisotopic (exact) mass is 482 g/mol. The van der Waals surface area contributed by atoms with Crippen LogP contribution in [0, 0.1) is 5.92 Å². The van der Waals surface area contributed by atoms with Gasteiger partial charge in [0.1, 0.15) is 12.0 Å². The Hall–Kier alpha value is -0.840. The minimum Gasteiger partial charge on any atom is -0.364 e. The summed E-state index contributed by atoms with van der Waals surface area (Å²) in [5.74, 6) is 1.53. The highest BCUT2D eigenvalue weighted by Gasteiger charge is 2.28. The van der Waals surface area contributed by atoms with Gasteiger partial charge in [-0.25, -0.2) is 8.42 Å². The van der Waals surface area contributed by atoms with Crippen LogP contribution in [0.2, 0.25) is 0 Å². The second-order valence-electron chi connectivity index (χ2n) is 6.91. The Kier molecular flexibility index (Phi) is 7.53. The summed E-state index contributed by atoms with van der Waals surface area (Å²) in [6.07, 6.45) is 7.10. The Bertz CT molecular complexity index is 657. The van der Waals surface area contributed by atoms with Crippen LogP contribution in [0.5, 0.6) is 0 Å². The van der Waals surface area contributed by atoms with Gasteiger partial charge in [-0.3, -0.25) is 4.99 Å². The first kappa shape index (κ1) is 20.5. The first-order valence-corrected chi connectivity index (χ1v) is 10.5. The van der Waals surface area contributed by atoms with Gasteiger partial charge in [0, 0.05) is 25.7 Å². The molecule has 1 saturated carbocycles. The van der Waals surface area contributed by atoms with Crippen molar-refractivity contribution in [3.8, 4) is 0 Å². The minimum atomic E-state index is -2.85. The molecule has 0 spiro atoms. The standard InChI is InChI=1S/C16H26N4O3S.HI/c1-20(11-15-6-8-23-19-15)16(18-14-4-2-3-5-14)17-10-13-7-9-24(21,22)12-13;/h6,8,13-14H,2-5,7,9-12H2,1H3,(H,17,18);1H. The number of sulfone groups is 1. The number of rotatable bonds is 5. The molecule has 1 saturated heterocycles. The number of guanidine groups is 1. The highest BCUT2D eigenvalue weighted by Crippen LogP contribution is 2.20. The first-order chi connectivity index (χ1) is 11.5. The van der Waals surface area contributed by atoms with Gasteiger partial charge in [0.2, 0.25) is 0 Å². The number of hydrogen-bond acceptors (Lipinski definition) is 5. The van der Waals surface area contributed by atoms with E-state index in [1.807, 2.05) is 18.0 Å². The van der Waals surface area contributed by atoms with Crippen molar-refractivity contribution >= 4 is 39.8 Å². The summed E-state index contributed by atoms with van der Waals surface area (Å²) < 4.78 is 28.1. The fourth-order valence-corrected chi connectivity index (χ4v) is 5.25. The lowest BCUT2D eigenvalue weighted by molar-refractivity contribution is 0.388. The topological polar surface area (TPSA) is 87.8 Å². The quantitative estimate of drug-likeness (QED) is 0.393. The zero-order valence-corrected chi connectivity index (χ0v) is 17.7. The molecule has 0 radical (unpaired) electrons. The second-order valence-corrected chi connectivity index (χ2v) is 9.13. The molecule has 2 fully saturated rings. The SMILES string of the molecule is CN(Cc1ccon1)C(=NCC1CCS(=O)(=O)C1)NC1CCCC1.I. The van der Waals surface area contributed by atoms with Crippen LogP contribution < -0.4 is 5.32 Å². The summed E-state index contributed by atoms with van der Waals surface area (Å²) in [4.78, 5) is 6.75. The summed E-state index contributed by atoms with van der Waals surface area (Å²) >= 11 is 0. The fraction of sp³-hybridized carbons (Fsp3) is 0.750. The third-order valence-corrected chi connectivity index (χ3v) is 6.60. The average Bonchev–Trinajstić information content (AvgIpc) is 3.26. The third-order valence-electron chi connectivity index (χ3n) is 4.77. The number of halogens is 1. The van der Waals surface area contributed by atoms with Crippen molar-refractivity contribution in [2.45, 2.75) is 44.7 Å². The largest absolute Gasteiger partial charge is 0.364 e. The van der Waals surface area contributed by atoms with Crippen molar-refractivity contribution in [1.82, 2.24) is 15.4 Å². The lowest BCUT2D eigenvalue weighted by Crippen LogP contribution is -2.43. The third kappa shape index (κ3) is 6.12. The Balaban J connectivity index is 0.00000225. The van der Waals surface area contributed by atoms with Crippen LogP contribution in [0.4, 0.5) is 0 Å². The zero-order chi connectivity index (χ0) is 17.0. The maximum atomic E-state index is 11.6. The molecule has 3 rings (SSSR count). The van der Waals surface area contributed by atoms with Gasteiger partial charge in [-0.2, -0.15) is 0 Å². The van der Waals surface area contributed by atoms with Gasteiger partial charge in [-0.15, -0.1) is 24.0 Å². The number of aromatic nitrogens is 1. The molecule has 0 bridgehead atoms. The Morgan fingerprint density at radius 1 is 1.40 bits per heavy atom. The number of hydrogen-bond donors (Lipinski definition) is 1. The number of nitrogens with one attached hydrogen (secondary N) is 1. The molecule has 1 atom stereocenters. The number of nitrogens with zero attached hydrogens (tertiary/aromatic N) is 3. The highest BCUT2D eigenvalue weighted by molar-refractivity contribution is 14.0. The molecule has 142 valence electrons. The van der Waals surface area contributed by atoms with E-state index in [1.165, 1.54) is 12.8 Å². The van der Waals surface area contributed by atoms with Crippen molar-refractivity contribution in [2.75, 3.05) is 25.1 Å². The van der Waals surface area contributed by atoms with Gasteiger partial charge >= 0.3 is 0 Å². The summed E-state index contributed by atoms with van der Waals surface area (Å²) in [6, 6.07) is 2.29. The summed E-state index contributed by atoms with van der Waals surface area (Å²) in [5, 5.41) is 7.49. The van der Waals surface area contributed by atoms with Crippen molar-refractivity contribution in [3.63, 3.8) is 0 Å². The summed E-state index contributed by atoms with van der Waals surface area (Å²) in [7, 11) is -0.880. The normalized spacial score (nSPS) is 23.4. The predicted octanol–water partition coefficient (Wildman–Crippen LogP) is 2.05. The minimum absolute atomic E-state index is 0. The van der Waals surface area contributed by atoms with Crippen LogP contribution in [-0.2, 0) is 16.4 Å². The van der Waals surface area contributed by atoms with E-state index in [1.54, 1.807) is 6.26 Å². The van der Waals surface area contributed by atoms with E-state index < -0.39 is 9.84 Å². The van der Waals surface area contributed by atoms with E-state index in [-0.39, 0.29) is 35.6 Å². The Morgan fingerprint density at radius 3 is 2.76 bits per heavy atom. The van der Waals surface area contributed by atoms with Gasteiger partial charge < -0.3 is 14.7 Å². The first-order valence-electron chi connectivity index (χ1n) is 8.63. The van der Waals surface area contributed by atoms with Crippen LogP contribution in [0.3, 0.4) is 0 Å². The van der Waals surface area contributed by atoms with Crippen LogP contribution >= 0.6 is 24.0 Å². The molecule has 25 heavy (non-hydrogen) atoms. The van der Waals surface area contributed by atoms with E-state index in [0.717, 1.165) is 30.9 Å². The summed E-state index contributed by atoms with van der Waals surface area (Å²) in [6.45, 7) is 1.16. The van der Waals surface area contributed by atoms with Crippen molar-refractivity contribution in [2.24, 2.45) is 10.9 Å². The molecule has 1 aromatic rings. The molecule has 1 aliphatic carbocycles. The molecule has 1 aliphatic heterocycles. The van der Waals surface area contributed by atoms with Gasteiger partial charge in [-0.05, 0) is 25.2 Å². The molecule has 2 heterocycles. The van der Waals surface area contributed by atoms with Gasteiger partial charge in [0.05, 0.1) is 18.1 Å². The van der Waals surface area contributed by atoms with Crippen molar-refractivity contribution in [3.05, 3.63) is 18.0 Å². The molecule has 0 aromatic carbocycles. The lowest BCUT2D eigenvalue weighted by Gasteiger charge is -2.25. The molecule has 1 N–H and O–H groups in total. The molecule has 0 amide bonds. The van der Waals surface area contributed by atoms with Crippen molar-refractivity contribution < 1.29 is 12.9 Å². The molecule has 1 aromatic heterocycles. The molecule has 2 aliphatic rings. The highest BCUT2D eigenvalue weighted by atomic mass is 127. The van der Waals surface area contributed by atoms with Gasteiger partial charge in [0.15, 0.2) is 15.8 Å². The summed E-state index contributed by atoms with van der Waals surface area (Å²) in [5.41, 5.74) is 0.849. The van der Waals surface area contributed by atoms with Crippen LogP contribution in [-0.4, -0.2) is 55.6 Å². The lowest BCUT2D eigenvalue weighted by atomic mass is 10.1. The maximum absolute atomic E-state index is 11.6. The molecular weight excluding hydrogens is 455 g/mol. The maximum Gasteiger partial charge on any atom is 0.194 e. The van der Waals surface area contributed by atoms with E-state index in [9.17, 15) is 8.42 Å². The Labute approximate surface area is 166 Å². The smallest absolute Gasteiger partial charge is 0.194 e. The van der Waals surface area contributed by atoms with Crippen LogP contribution in [0.1, 0.15) is 37.8 Å². The van der Waals surface area contributed by atoms with Crippen molar-refractivity contribution in [1.29, 1.82) is 0 Å². The van der Waals surface area contributed by atoms with E-state index in [0.29, 0.717) is 24.9 Å². The molecule has 7 nitrogen and oxygen atoms in total. The predicted molar refractivity (Wildman–Crippen MR) is 108 cm³/mol. The van der Waals surface area contributed by atoms with E-state index in [2.05, 4.69) is 10.5 Å². The molecular formula is C16H27IN4O3S. The second kappa shape index (κ2) is 9.20. The Morgan fingerprint density at radius 2 is 2.16 bits per heavy atom. The van der Waals surface area contributed by atoms with Crippen LogP contribution in [0.25, 0.3) is 0 Å². The fourth-order valence-electron chi connectivity index (χ4n) is 3.40. The van der Waals surface area contributed by atoms with E-state index >= 15 is 0 Å². The molecule has 1 unspecified atom stereocenters.